The van der Waals surface area contributed by atoms with Crippen molar-refractivity contribution < 1.29 is 8.42 Å². The number of benzene rings is 1. The third kappa shape index (κ3) is 4.51. The summed E-state index contributed by atoms with van der Waals surface area (Å²) < 4.78 is 26.7. The first-order valence-electron chi connectivity index (χ1n) is 6.59. The van der Waals surface area contributed by atoms with Crippen LogP contribution < -0.4 is 10.0 Å². The van der Waals surface area contributed by atoms with E-state index in [4.69, 9.17) is 0 Å². The Balaban J connectivity index is 2.10. The van der Waals surface area contributed by atoms with Crippen LogP contribution in [0.25, 0.3) is 0 Å². The van der Waals surface area contributed by atoms with Gasteiger partial charge < -0.3 is 5.32 Å². The quantitative estimate of drug-likeness (QED) is 0.850. The molecule has 2 aromatic rings. The zero-order chi connectivity index (χ0) is 15.3. The Morgan fingerprint density at radius 3 is 2.29 bits per heavy atom. The van der Waals surface area contributed by atoms with Gasteiger partial charge >= 0.3 is 0 Å². The Kier molecular flexibility index (Phi) is 4.87. The van der Waals surface area contributed by atoms with Crippen molar-refractivity contribution in [2.24, 2.45) is 0 Å². The second-order valence-corrected chi connectivity index (χ2v) is 6.54. The summed E-state index contributed by atoms with van der Waals surface area (Å²) in [5, 5.41) is 3.27. The summed E-state index contributed by atoms with van der Waals surface area (Å²) in [6.45, 7) is 4.82. The molecule has 7 heteroatoms. The van der Waals surface area contributed by atoms with E-state index in [0.717, 1.165) is 5.56 Å². The maximum atomic E-state index is 12.2. The minimum Gasteiger partial charge on any atom is -0.310 e. The van der Waals surface area contributed by atoms with Gasteiger partial charge in [-0.25, -0.2) is 23.1 Å². The molecule has 0 aliphatic rings. The summed E-state index contributed by atoms with van der Waals surface area (Å²) in [5.41, 5.74) is 1.03. The van der Waals surface area contributed by atoms with Crippen LogP contribution >= 0.6 is 0 Å². The molecule has 1 aromatic carbocycles. The van der Waals surface area contributed by atoms with Gasteiger partial charge in [-0.05, 0) is 23.8 Å². The minimum atomic E-state index is -3.66. The standard InChI is InChI=1S/C14H18N4O2S/c1-11(2)17-10-12-4-6-13(7-5-12)21(19,20)18-14-15-8-3-9-16-14/h3-9,11,17H,10H2,1-2H3,(H,15,16,18). The van der Waals surface area contributed by atoms with Gasteiger partial charge in [-0.15, -0.1) is 0 Å². The first kappa shape index (κ1) is 15.4. The smallest absolute Gasteiger partial charge is 0.264 e. The van der Waals surface area contributed by atoms with Gasteiger partial charge in [0.2, 0.25) is 5.95 Å². The fourth-order valence-electron chi connectivity index (χ4n) is 1.64. The predicted molar refractivity (Wildman–Crippen MR) is 81.3 cm³/mol. The Morgan fingerprint density at radius 1 is 1.10 bits per heavy atom. The molecule has 0 aliphatic carbocycles. The van der Waals surface area contributed by atoms with Crippen molar-refractivity contribution in [3.8, 4) is 0 Å². The zero-order valence-electron chi connectivity index (χ0n) is 11.9. The van der Waals surface area contributed by atoms with Gasteiger partial charge in [-0.2, -0.15) is 0 Å². The van der Waals surface area contributed by atoms with E-state index in [2.05, 4.69) is 33.9 Å². The Morgan fingerprint density at radius 2 is 1.71 bits per heavy atom. The van der Waals surface area contributed by atoms with Crippen LogP contribution in [0.4, 0.5) is 5.95 Å². The molecule has 112 valence electrons. The topological polar surface area (TPSA) is 84.0 Å². The third-order valence-electron chi connectivity index (χ3n) is 2.74. The molecule has 2 rings (SSSR count). The highest BCUT2D eigenvalue weighted by Gasteiger charge is 2.15. The molecule has 1 aromatic heterocycles. The van der Waals surface area contributed by atoms with Gasteiger partial charge in [0.1, 0.15) is 0 Å². The van der Waals surface area contributed by atoms with Gasteiger partial charge in [-0.1, -0.05) is 26.0 Å². The zero-order valence-corrected chi connectivity index (χ0v) is 12.8. The van der Waals surface area contributed by atoms with E-state index in [-0.39, 0.29) is 10.8 Å². The SMILES string of the molecule is CC(C)NCc1ccc(S(=O)(=O)Nc2ncccn2)cc1. The molecule has 0 fully saturated rings. The van der Waals surface area contributed by atoms with Crippen LogP contribution in [0, 0.1) is 0 Å². The molecule has 0 spiro atoms. The van der Waals surface area contributed by atoms with Crippen molar-refractivity contribution in [1.29, 1.82) is 0 Å². The number of anilines is 1. The summed E-state index contributed by atoms with van der Waals surface area (Å²) in [5.74, 6) is 0.0584. The average molecular weight is 306 g/mol. The second kappa shape index (κ2) is 6.64. The lowest BCUT2D eigenvalue weighted by Crippen LogP contribution is -2.21. The van der Waals surface area contributed by atoms with Crippen molar-refractivity contribution in [1.82, 2.24) is 15.3 Å². The molecule has 0 unspecified atom stereocenters. The molecule has 6 nitrogen and oxygen atoms in total. The normalized spacial score (nSPS) is 11.6. The van der Waals surface area contributed by atoms with Crippen LogP contribution in [-0.4, -0.2) is 24.4 Å². The average Bonchev–Trinajstić information content (AvgIpc) is 2.46. The Hall–Kier alpha value is -1.99. The fourth-order valence-corrected chi connectivity index (χ4v) is 2.60. The first-order valence-corrected chi connectivity index (χ1v) is 8.08. The highest BCUT2D eigenvalue weighted by Crippen LogP contribution is 2.13. The van der Waals surface area contributed by atoms with Crippen molar-refractivity contribution in [3.05, 3.63) is 48.3 Å². The molecule has 1 heterocycles. The Bertz CT molecular complexity index is 670. The molecule has 2 N–H and O–H groups in total. The minimum absolute atomic E-state index is 0.0584. The van der Waals surface area contributed by atoms with E-state index < -0.39 is 10.0 Å². The number of aromatic nitrogens is 2. The maximum Gasteiger partial charge on any atom is 0.264 e. The Labute approximate surface area is 124 Å². The van der Waals surface area contributed by atoms with Crippen molar-refractivity contribution in [2.45, 2.75) is 31.3 Å². The van der Waals surface area contributed by atoms with E-state index >= 15 is 0 Å². The van der Waals surface area contributed by atoms with Gasteiger partial charge in [0.05, 0.1) is 4.90 Å². The molecule has 0 saturated carbocycles. The molecule has 21 heavy (non-hydrogen) atoms. The maximum absolute atomic E-state index is 12.2. The van der Waals surface area contributed by atoms with Crippen LogP contribution in [0.1, 0.15) is 19.4 Å². The number of nitrogens with one attached hydrogen (secondary N) is 2. The number of rotatable bonds is 6. The molecule has 0 amide bonds. The van der Waals surface area contributed by atoms with E-state index in [1.807, 2.05) is 0 Å². The number of sulfonamides is 1. The lowest BCUT2D eigenvalue weighted by atomic mass is 10.2. The largest absolute Gasteiger partial charge is 0.310 e. The van der Waals surface area contributed by atoms with Gasteiger partial charge in [0.15, 0.2) is 0 Å². The second-order valence-electron chi connectivity index (χ2n) is 4.86. The summed E-state index contributed by atoms with van der Waals surface area (Å²) in [6, 6.07) is 8.72. The summed E-state index contributed by atoms with van der Waals surface area (Å²) in [7, 11) is -3.66. The van der Waals surface area contributed by atoms with Gasteiger partial charge in [0.25, 0.3) is 10.0 Å². The third-order valence-corrected chi connectivity index (χ3v) is 4.08. The van der Waals surface area contributed by atoms with Gasteiger partial charge in [-0.3, -0.25) is 0 Å². The molecular weight excluding hydrogens is 288 g/mol. The van der Waals surface area contributed by atoms with Crippen LogP contribution in [0.5, 0.6) is 0 Å². The monoisotopic (exact) mass is 306 g/mol. The fraction of sp³-hybridized carbons (Fsp3) is 0.286. The molecule has 0 saturated heterocycles. The lowest BCUT2D eigenvalue weighted by Gasteiger charge is -2.09. The van der Waals surface area contributed by atoms with E-state index in [9.17, 15) is 8.42 Å². The van der Waals surface area contributed by atoms with Crippen LogP contribution in [0.3, 0.4) is 0 Å². The van der Waals surface area contributed by atoms with E-state index in [1.165, 1.54) is 12.4 Å². The predicted octanol–water partition coefficient (Wildman–Crippen LogP) is 1.78. The highest BCUT2D eigenvalue weighted by atomic mass is 32.2. The molecule has 0 radical (unpaired) electrons. The van der Waals surface area contributed by atoms with Gasteiger partial charge in [0, 0.05) is 25.0 Å². The molecule has 0 bridgehead atoms. The molecular formula is C14H18N4O2S. The number of nitrogens with zero attached hydrogens (tertiary/aromatic N) is 2. The van der Waals surface area contributed by atoms with Crippen LogP contribution in [0.2, 0.25) is 0 Å². The molecule has 0 aliphatic heterocycles. The van der Waals surface area contributed by atoms with Crippen molar-refractivity contribution in [2.75, 3.05) is 4.72 Å². The number of hydrogen-bond donors (Lipinski definition) is 2. The van der Waals surface area contributed by atoms with Crippen molar-refractivity contribution >= 4 is 16.0 Å². The molecule has 0 atom stereocenters. The van der Waals surface area contributed by atoms with Crippen molar-refractivity contribution in [3.63, 3.8) is 0 Å². The van der Waals surface area contributed by atoms with Crippen LogP contribution in [-0.2, 0) is 16.6 Å². The van der Waals surface area contributed by atoms with E-state index in [0.29, 0.717) is 12.6 Å². The van der Waals surface area contributed by atoms with Crippen LogP contribution in [0.15, 0.2) is 47.6 Å². The summed E-state index contributed by atoms with van der Waals surface area (Å²) in [4.78, 5) is 7.87. The summed E-state index contributed by atoms with van der Waals surface area (Å²) >= 11 is 0. The lowest BCUT2D eigenvalue weighted by molar-refractivity contribution is 0.588. The van der Waals surface area contributed by atoms with E-state index in [1.54, 1.807) is 30.3 Å². The summed E-state index contributed by atoms with van der Waals surface area (Å²) in [6.07, 6.45) is 2.96. The number of hydrogen-bond acceptors (Lipinski definition) is 5. The first-order chi connectivity index (χ1) is 9.97. The highest BCUT2D eigenvalue weighted by molar-refractivity contribution is 7.92.